The SMILES string of the molecule is CCOC(=O)C1C(=O)COC1=O.[H-].[K+]. The molecule has 0 aromatic heterocycles. The molecule has 0 spiro atoms. The Hall–Kier alpha value is 0.246. The standard InChI is InChI=1S/C7H8O5.K.H/c1-2-11-6(9)5-4(8)3-12-7(5)10;;/h5H,2-3H2,1H3;;/q;+1;-1. The molecule has 1 atom stereocenters. The first-order chi connectivity index (χ1) is 5.66. The van der Waals surface area contributed by atoms with Gasteiger partial charge in [0.25, 0.3) is 0 Å². The van der Waals surface area contributed by atoms with Crippen molar-refractivity contribution < 1.29 is 76.7 Å². The van der Waals surface area contributed by atoms with Crippen LogP contribution in [-0.2, 0) is 23.9 Å². The van der Waals surface area contributed by atoms with Crippen molar-refractivity contribution in [2.45, 2.75) is 6.92 Å². The summed E-state index contributed by atoms with van der Waals surface area (Å²) >= 11 is 0. The van der Waals surface area contributed by atoms with Gasteiger partial charge < -0.3 is 10.9 Å². The molecule has 0 aromatic rings. The molecule has 1 rings (SSSR count). The molecule has 0 amide bonds. The minimum absolute atomic E-state index is 0. The third-order valence-electron chi connectivity index (χ3n) is 1.44. The Bertz CT molecular complexity index is 226. The van der Waals surface area contributed by atoms with E-state index in [4.69, 9.17) is 0 Å². The number of esters is 2. The van der Waals surface area contributed by atoms with Crippen molar-refractivity contribution in [3.05, 3.63) is 0 Å². The number of hydrogen-bond acceptors (Lipinski definition) is 5. The molecule has 0 N–H and O–H groups in total. The number of carbonyl (C=O) groups is 3. The second-order valence-corrected chi connectivity index (χ2v) is 2.26. The zero-order valence-corrected chi connectivity index (χ0v) is 10.7. The molecular weight excluding hydrogens is 203 g/mol. The van der Waals surface area contributed by atoms with Crippen molar-refractivity contribution >= 4 is 17.7 Å². The van der Waals surface area contributed by atoms with Crippen molar-refractivity contribution in [1.29, 1.82) is 0 Å². The second kappa shape index (κ2) is 5.87. The maximum absolute atomic E-state index is 10.9. The molecule has 1 aliphatic rings. The molecule has 0 bridgehead atoms. The van der Waals surface area contributed by atoms with Crippen molar-refractivity contribution in [3.63, 3.8) is 0 Å². The molecule has 0 aliphatic carbocycles. The van der Waals surface area contributed by atoms with Crippen LogP contribution in [0.1, 0.15) is 8.35 Å². The van der Waals surface area contributed by atoms with Crippen LogP contribution in [-0.4, -0.2) is 30.9 Å². The molecule has 1 fully saturated rings. The van der Waals surface area contributed by atoms with Crippen LogP contribution in [0, 0.1) is 5.92 Å². The monoisotopic (exact) mass is 212 g/mol. The fraction of sp³-hybridized carbons (Fsp3) is 0.571. The molecule has 1 unspecified atom stereocenters. The number of Topliss-reactive ketones (excluding diaryl/α,β-unsaturated/α-hetero) is 1. The fourth-order valence-electron chi connectivity index (χ4n) is 0.894. The molecule has 1 saturated heterocycles. The second-order valence-electron chi connectivity index (χ2n) is 2.26. The average Bonchev–Trinajstić information content (AvgIpc) is 2.32. The van der Waals surface area contributed by atoms with Gasteiger partial charge in [-0.05, 0) is 6.92 Å². The molecule has 0 radical (unpaired) electrons. The molecular formula is C7H9KO5. The summed E-state index contributed by atoms with van der Waals surface area (Å²) in [6.45, 7) is 1.43. The summed E-state index contributed by atoms with van der Waals surface area (Å²) in [5, 5.41) is 0. The van der Waals surface area contributed by atoms with Crippen molar-refractivity contribution in [2.75, 3.05) is 13.2 Å². The smallest absolute Gasteiger partial charge is 1.00 e. The molecule has 6 heteroatoms. The number of ether oxygens (including phenoxy) is 2. The Morgan fingerprint density at radius 2 is 2.31 bits per heavy atom. The van der Waals surface area contributed by atoms with Crippen LogP contribution in [0.5, 0.6) is 0 Å². The number of hydrogen-bond donors (Lipinski definition) is 0. The van der Waals surface area contributed by atoms with Crippen molar-refractivity contribution in [1.82, 2.24) is 0 Å². The van der Waals surface area contributed by atoms with Gasteiger partial charge in [0, 0.05) is 0 Å². The van der Waals surface area contributed by atoms with Gasteiger partial charge in [-0.25, -0.2) is 0 Å². The fourth-order valence-corrected chi connectivity index (χ4v) is 0.894. The molecule has 5 nitrogen and oxygen atoms in total. The van der Waals surface area contributed by atoms with Crippen LogP contribution in [0.4, 0.5) is 0 Å². The van der Waals surface area contributed by atoms with Crippen molar-refractivity contribution in [3.8, 4) is 0 Å². The van der Waals surface area contributed by atoms with E-state index in [-0.39, 0.29) is 66.0 Å². The van der Waals surface area contributed by atoms with E-state index in [1.54, 1.807) is 6.92 Å². The number of cyclic esters (lactones) is 1. The topological polar surface area (TPSA) is 69.7 Å². The zero-order valence-electron chi connectivity index (χ0n) is 8.53. The maximum atomic E-state index is 10.9. The Balaban J connectivity index is 0. The van der Waals surface area contributed by atoms with Gasteiger partial charge in [-0.3, -0.25) is 14.4 Å². The number of carbonyl (C=O) groups excluding carboxylic acids is 3. The van der Waals surface area contributed by atoms with Gasteiger partial charge in [0.05, 0.1) is 6.61 Å². The minimum Gasteiger partial charge on any atom is -1.00 e. The predicted molar refractivity (Wildman–Crippen MR) is 37.2 cm³/mol. The summed E-state index contributed by atoms with van der Waals surface area (Å²) in [6.07, 6.45) is 0. The van der Waals surface area contributed by atoms with E-state index in [0.717, 1.165) is 0 Å². The average molecular weight is 212 g/mol. The van der Waals surface area contributed by atoms with Gasteiger partial charge in [0.15, 0.2) is 12.4 Å². The Morgan fingerprint density at radius 3 is 2.69 bits per heavy atom. The zero-order chi connectivity index (χ0) is 9.14. The summed E-state index contributed by atoms with van der Waals surface area (Å²) in [6, 6.07) is 0. The van der Waals surface area contributed by atoms with E-state index >= 15 is 0 Å². The van der Waals surface area contributed by atoms with E-state index in [1.807, 2.05) is 0 Å². The van der Waals surface area contributed by atoms with E-state index in [9.17, 15) is 14.4 Å². The van der Waals surface area contributed by atoms with Crippen LogP contribution in [0.2, 0.25) is 0 Å². The Morgan fingerprint density at radius 1 is 1.69 bits per heavy atom. The first kappa shape index (κ1) is 13.2. The first-order valence-corrected chi connectivity index (χ1v) is 3.52. The minimum atomic E-state index is -1.34. The summed E-state index contributed by atoms with van der Waals surface area (Å²) in [7, 11) is 0. The van der Waals surface area contributed by atoms with Gasteiger partial charge in [0.2, 0.25) is 5.92 Å². The third-order valence-corrected chi connectivity index (χ3v) is 1.44. The number of ketones is 1. The third kappa shape index (κ3) is 3.14. The Kier molecular flexibility index (Phi) is 5.98. The van der Waals surface area contributed by atoms with E-state index < -0.39 is 23.6 Å². The molecule has 0 saturated carbocycles. The molecule has 1 heterocycles. The predicted octanol–water partition coefficient (Wildman–Crippen LogP) is -3.59. The van der Waals surface area contributed by atoms with E-state index in [0.29, 0.717) is 0 Å². The van der Waals surface area contributed by atoms with Crippen LogP contribution in [0.25, 0.3) is 0 Å². The maximum Gasteiger partial charge on any atom is 1.00 e. The first-order valence-electron chi connectivity index (χ1n) is 3.52. The van der Waals surface area contributed by atoms with Crippen LogP contribution in [0.15, 0.2) is 0 Å². The van der Waals surface area contributed by atoms with Gasteiger partial charge >= 0.3 is 63.3 Å². The van der Waals surface area contributed by atoms with Gasteiger partial charge in [-0.1, -0.05) is 0 Å². The largest absolute Gasteiger partial charge is 1.00 e. The molecule has 13 heavy (non-hydrogen) atoms. The summed E-state index contributed by atoms with van der Waals surface area (Å²) < 4.78 is 8.86. The van der Waals surface area contributed by atoms with Gasteiger partial charge in [0.1, 0.15) is 0 Å². The summed E-state index contributed by atoms with van der Waals surface area (Å²) in [5.41, 5.74) is 0. The van der Waals surface area contributed by atoms with E-state index in [1.165, 1.54) is 0 Å². The Labute approximate surface area is 119 Å². The normalized spacial score (nSPS) is 20.5. The van der Waals surface area contributed by atoms with Crippen LogP contribution in [0.3, 0.4) is 0 Å². The van der Waals surface area contributed by atoms with Crippen molar-refractivity contribution in [2.24, 2.45) is 5.92 Å². The van der Waals surface area contributed by atoms with Gasteiger partial charge in [-0.15, -0.1) is 0 Å². The van der Waals surface area contributed by atoms with Crippen LogP contribution >= 0.6 is 0 Å². The molecule has 1 aliphatic heterocycles. The van der Waals surface area contributed by atoms with Crippen LogP contribution < -0.4 is 51.4 Å². The number of rotatable bonds is 2. The van der Waals surface area contributed by atoms with E-state index in [2.05, 4.69) is 9.47 Å². The molecule has 0 aromatic carbocycles. The van der Waals surface area contributed by atoms with Gasteiger partial charge in [-0.2, -0.15) is 0 Å². The quantitative estimate of drug-likeness (QED) is 0.269. The summed E-state index contributed by atoms with van der Waals surface area (Å²) in [5.74, 6) is -3.49. The summed E-state index contributed by atoms with van der Waals surface area (Å²) in [4.78, 5) is 32.5. The molecule has 68 valence electrons.